The van der Waals surface area contributed by atoms with E-state index >= 15 is 0 Å². The second-order valence-electron chi connectivity index (χ2n) is 4.82. The quantitative estimate of drug-likeness (QED) is 0.915. The van der Waals surface area contributed by atoms with Crippen molar-refractivity contribution in [3.8, 4) is 6.07 Å². The fraction of sp³-hybridized carbons (Fsp3) is 0.333. The van der Waals surface area contributed by atoms with Crippen molar-refractivity contribution in [1.29, 1.82) is 5.26 Å². The molecule has 2 aromatic rings. The summed E-state index contributed by atoms with van der Waals surface area (Å²) in [5.74, 6) is 0.771. The Morgan fingerprint density at radius 1 is 1.26 bits per heavy atom. The molecule has 0 saturated carbocycles. The van der Waals surface area contributed by atoms with Crippen LogP contribution in [0.4, 0.5) is 5.82 Å². The molecule has 0 aliphatic carbocycles. The van der Waals surface area contributed by atoms with Crippen molar-refractivity contribution >= 4 is 5.82 Å². The molecule has 1 unspecified atom stereocenters. The molecule has 0 aliphatic rings. The highest BCUT2D eigenvalue weighted by Gasteiger charge is 2.15. The molecule has 0 spiro atoms. The molecule has 4 nitrogen and oxygen atoms in total. The highest BCUT2D eigenvalue weighted by Crippen LogP contribution is 2.23. The van der Waals surface area contributed by atoms with Crippen molar-refractivity contribution in [3.05, 3.63) is 46.6 Å². The fourth-order valence-corrected chi connectivity index (χ4v) is 2.10. The first-order valence-electron chi connectivity index (χ1n) is 6.29. The summed E-state index contributed by atoms with van der Waals surface area (Å²) in [7, 11) is 1.85. The van der Waals surface area contributed by atoms with E-state index in [4.69, 9.17) is 0 Å². The molecule has 19 heavy (non-hydrogen) atoms. The first-order valence-corrected chi connectivity index (χ1v) is 6.29. The van der Waals surface area contributed by atoms with Gasteiger partial charge in [-0.2, -0.15) is 10.4 Å². The van der Waals surface area contributed by atoms with Gasteiger partial charge in [-0.25, -0.2) is 0 Å². The lowest BCUT2D eigenvalue weighted by Crippen LogP contribution is -2.11. The van der Waals surface area contributed by atoms with E-state index in [-0.39, 0.29) is 6.04 Å². The SMILES string of the molecule is Cc1ccc(C(C)Nc2c(C#N)c(C)nn2C)cc1. The van der Waals surface area contributed by atoms with E-state index in [1.165, 1.54) is 11.1 Å². The molecule has 2 rings (SSSR count). The van der Waals surface area contributed by atoms with Gasteiger partial charge in [-0.3, -0.25) is 4.68 Å². The number of benzene rings is 1. The molecule has 1 N–H and O–H groups in total. The predicted octanol–water partition coefficient (Wildman–Crippen LogP) is 3.08. The van der Waals surface area contributed by atoms with E-state index in [1.54, 1.807) is 4.68 Å². The van der Waals surface area contributed by atoms with E-state index in [2.05, 4.69) is 54.6 Å². The van der Waals surface area contributed by atoms with Crippen LogP contribution in [0.1, 0.15) is 35.3 Å². The lowest BCUT2D eigenvalue weighted by atomic mass is 10.1. The predicted molar refractivity (Wildman–Crippen MR) is 75.9 cm³/mol. The fourth-order valence-electron chi connectivity index (χ4n) is 2.10. The molecule has 0 aliphatic heterocycles. The summed E-state index contributed by atoms with van der Waals surface area (Å²) in [6.07, 6.45) is 0. The van der Waals surface area contributed by atoms with Crippen LogP contribution in [0.25, 0.3) is 0 Å². The van der Waals surface area contributed by atoms with E-state index in [9.17, 15) is 5.26 Å². The highest BCUT2D eigenvalue weighted by molar-refractivity contribution is 5.56. The van der Waals surface area contributed by atoms with Crippen molar-refractivity contribution in [3.63, 3.8) is 0 Å². The van der Waals surface area contributed by atoms with Gasteiger partial charge >= 0.3 is 0 Å². The third kappa shape index (κ3) is 2.60. The van der Waals surface area contributed by atoms with Crippen LogP contribution in [0, 0.1) is 25.2 Å². The number of aryl methyl sites for hydroxylation is 3. The number of aromatic nitrogens is 2. The molecule has 4 heteroatoms. The summed E-state index contributed by atoms with van der Waals surface area (Å²) in [5, 5.41) is 16.8. The molecule has 0 bridgehead atoms. The molecular weight excluding hydrogens is 236 g/mol. The number of anilines is 1. The Balaban J connectivity index is 2.26. The topological polar surface area (TPSA) is 53.6 Å². The van der Waals surface area contributed by atoms with E-state index < -0.39 is 0 Å². The average Bonchev–Trinajstić information content (AvgIpc) is 2.64. The Labute approximate surface area is 113 Å². The highest BCUT2D eigenvalue weighted by atomic mass is 15.3. The minimum Gasteiger partial charge on any atom is -0.363 e. The number of nitrogens with one attached hydrogen (secondary N) is 1. The zero-order chi connectivity index (χ0) is 14.0. The van der Waals surface area contributed by atoms with Gasteiger partial charge in [0.25, 0.3) is 0 Å². The van der Waals surface area contributed by atoms with Gasteiger partial charge in [-0.1, -0.05) is 29.8 Å². The summed E-state index contributed by atoms with van der Waals surface area (Å²) in [4.78, 5) is 0. The van der Waals surface area contributed by atoms with Gasteiger partial charge in [0.15, 0.2) is 0 Å². The molecule has 0 amide bonds. The standard InChI is InChI=1S/C15H18N4/c1-10-5-7-13(8-6-10)11(2)17-15-14(9-16)12(3)18-19(15)4/h5-8,11,17H,1-4H3. The molecule has 0 radical (unpaired) electrons. The monoisotopic (exact) mass is 254 g/mol. The molecule has 1 aromatic heterocycles. The molecule has 1 heterocycles. The maximum atomic E-state index is 9.19. The lowest BCUT2D eigenvalue weighted by Gasteiger charge is -2.16. The Hall–Kier alpha value is -2.28. The summed E-state index contributed by atoms with van der Waals surface area (Å²) < 4.78 is 1.72. The molecule has 1 atom stereocenters. The Bertz CT molecular complexity index is 617. The van der Waals surface area contributed by atoms with Gasteiger partial charge in [0.1, 0.15) is 17.5 Å². The van der Waals surface area contributed by atoms with Crippen molar-refractivity contribution in [2.75, 3.05) is 5.32 Å². The van der Waals surface area contributed by atoms with Crippen LogP contribution in [0.2, 0.25) is 0 Å². The molecule has 98 valence electrons. The smallest absolute Gasteiger partial charge is 0.142 e. The Kier molecular flexibility index (Phi) is 3.57. The van der Waals surface area contributed by atoms with Crippen molar-refractivity contribution < 1.29 is 0 Å². The summed E-state index contributed by atoms with van der Waals surface area (Å²) in [6.45, 7) is 5.99. The summed E-state index contributed by atoms with van der Waals surface area (Å²) >= 11 is 0. The van der Waals surface area contributed by atoms with Gasteiger partial charge in [0.05, 0.1) is 5.69 Å². The molecule has 0 fully saturated rings. The number of nitrogens with zero attached hydrogens (tertiary/aromatic N) is 3. The zero-order valence-electron chi connectivity index (χ0n) is 11.7. The first-order chi connectivity index (χ1) is 9.02. The van der Waals surface area contributed by atoms with E-state index in [0.717, 1.165) is 11.5 Å². The van der Waals surface area contributed by atoms with Crippen LogP contribution in [-0.2, 0) is 7.05 Å². The summed E-state index contributed by atoms with van der Waals surface area (Å²) in [6, 6.07) is 10.7. The van der Waals surface area contributed by atoms with Gasteiger partial charge in [0.2, 0.25) is 0 Å². The molecular formula is C15H18N4. The normalized spacial score (nSPS) is 11.9. The second kappa shape index (κ2) is 5.15. The molecule has 0 saturated heterocycles. The number of hydrogen-bond donors (Lipinski definition) is 1. The van der Waals surface area contributed by atoms with Gasteiger partial charge in [-0.05, 0) is 26.3 Å². The maximum absolute atomic E-state index is 9.19. The van der Waals surface area contributed by atoms with Crippen LogP contribution in [0.3, 0.4) is 0 Å². The second-order valence-corrected chi connectivity index (χ2v) is 4.82. The van der Waals surface area contributed by atoms with Crippen LogP contribution in [-0.4, -0.2) is 9.78 Å². The first kappa shape index (κ1) is 13.2. The minimum atomic E-state index is 0.127. The molecule has 1 aromatic carbocycles. The summed E-state index contributed by atoms with van der Waals surface area (Å²) in [5.41, 5.74) is 3.79. The average molecular weight is 254 g/mol. The van der Waals surface area contributed by atoms with Crippen molar-refractivity contribution in [1.82, 2.24) is 9.78 Å². The van der Waals surface area contributed by atoms with E-state index in [1.807, 2.05) is 14.0 Å². The van der Waals surface area contributed by atoms with Crippen LogP contribution in [0.5, 0.6) is 0 Å². The van der Waals surface area contributed by atoms with Crippen LogP contribution < -0.4 is 5.32 Å². The maximum Gasteiger partial charge on any atom is 0.142 e. The van der Waals surface area contributed by atoms with Crippen molar-refractivity contribution in [2.24, 2.45) is 7.05 Å². The third-order valence-corrected chi connectivity index (χ3v) is 3.26. The Morgan fingerprint density at radius 2 is 1.89 bits per heavy atom. The van der Waals surface area contributed by atoms with Crippen molar-refractivity contribution in [2.45, 2.75) is 26.8 Å². The largest absolute Gasteiger partial charge is 0.363 e. The number of rotatable bonds is 3. The number of nitriles is 1. The van der Waals surface area contributed by atoms with E-state index in [0.29, 0.717) is 5.56 Å². The van der Waals surface area contributed by atoms with Crippen LogP contribution >= 0.6 is 0 Å². The van der Waals surface area contributed by atoms with Gasteiger partial charge < -0.3 is 5.32 Å². The van der Waals surface area contributed by atoms with Crippen LogP contribution in [0.15, 0.2) is 24.3 Å². The number of hydrogen-bond acceptors (Lipinski definition) is 3. The van der Waals surface area contributed by atoms with Gasteiger partial charge in [-0.15, -0.1) is 0 Å². The lowest BCUT2D eigenvalue weighted by molar-refractivity contribution is 0.742. The Morgan fingerprint density at radius 3 is 2.47 bits per heavy atom. The zero-order valence-corrected chi connectivity index (χ0v) is 11.7. The minimum absolute atomic E-state index is 0.127. The third-order valence-electron chi connectivity index (χ3n) is 3.26. The van der Waals surface area contributed by atoms with Gasteiger partial charge in [0, 0.05) is 13.1 Å².